The molecule has 0 fully saturated rings. The summed E-state index contributed by atoms with van der Waals surface area (Å²) in [6.07, 6.45) is 2.87. The number of hydrogen-bond acceptors (Lipinski definition) is 5. The Hall–Kier alpha value is -2.28. The number of aromatic nitrogens is 1. The van der Waals surface area contributed by atoms with E-state index in [-0.39, 0.29) is 0 Å². The van der Waals surface area contributed by atoms with Crippen molar-refractivity contribution in [3.63, 3.8) is 0 Å². The van der Waals surface area contributed by atoms with Gasteiger partial charge in [0, 0.05) is 22.8 Å². The van der Waals surface area contributed by atoms with E-state index in [1.165, 1.54) is 4.88 Å². The quantitative estimate of drug-likeness (QED) is 0.631. The molecule has 6 nitrogen and oxygen atoms in total. The van der Waals surface area contributed by atoms with E-state index >= 15 is 0 Å². The zero-order valence-corrected chi connectivity index (χ0v) is 13.7. The summed E-state index contributed by atoms with van der Waals surface area (Å²) in [4.78, 5) is 9.85. The van der Waals surface area contributed by atoms with E-state index in [9.17, 15) is 0 Å². The van der Waals surface area contributed by atoms with Crippen LogP contribution in [0.15, 0.2) is 29.4 Å². The Bertz CT molecular complexity index is 655. The van der Waals surface area contributed by atoms with Gasteiger partial charge in [0.1, 0.15) is 5.01 Å². The van der Waals surface area contributed by atoms with Crippen molar-refractivity contribution < 1.29 is 9.47 Å². The Labute approximate surface area is 134 Å². The summed E-state index contributed by atoms with van der Waals surface area (Å²) in [5, 5.41) is 3.98. The molecular weight excluding hydrogens is 300 g/mol. The number of hydrogen-bond donors (Lipinski definition) is 2. The Morgan fingerprint density at radius 3 is 2.73 bits per heavy atom. The maximum Gasteiger partial charge on any atom is 0.193 e. The molecule has 3 N–H and O–H groups in total. The SMILES string of the molecule is CCc1cnc(CN=C(N)Nc2ccc(OC)c(OC)c2)s1. The van der Waals surface area contributed by atoms with Crippen LogP contribution in [-0.4, -0.2) is 25.2 Å². The van der Waals surface area contributed by atoms with Crippen molar-refractivity contribution in [2.24, 2.45) is 10.7 Å². The van der Waals surface area contributed by atoms with Gasteiger partial charge in [0.05, 0.1) is 20.8 Å². The highest BCUT2D eigenvalue weighted by Crippen LogP contribution is 2.29. The number of ether oxygens (including phenoxy) is 2. The second kappa shape index (κ2) is 7.65. The minimum absolute atomic E-state index is 0.334. The van der Waals surface area contributed by atoms with Crippen LogP contribution < -0.4 is 20.5 Å². The largest absolute Gasteiger partial charge is 0.493 e. The maximum absolute atomic E-state index is 5.90. The highest BCUT2D eigenvalue weighted by atomic mass is 32.1. The predicted octanol–water partition coefficient (Wildman–Crippen LogP) is 2.65. The fourth-order valence-corrected chi connectivity index (χ4v) is 2.63. The van der Waals surface area contributed by atoms with Crippen LogP contribution in [0.5, 0.6) is 11.5 Å². The van der Waals surface area contributed by atoms with Gasteiger partial charge in [-0.25, -0.2) is 9.98 Å². The Balaban J connectivity index is 2.01. The van der Waals surface area contributed by atoms with Gasteiger partial charge in [-0.05, 0) is 18.6 Å². The second-order valence-electron chi connectivity index (χ2n) is 4.47. The van der Waals surface area contributed by atoms with Crippen molar-refractivity contribution in [1.82, 2.24) is 4.98 Å². The second-order valence-corrected chi connectivity index (χ2v) is 5.67. The molecule has 1 aromatic heterocycles. The first-order valence-electron chi connectivity index (χ1n) is 6.88. The van der Waals surface area contributed by atoms with Crippen LogP contribution in [0.25, 0.3) is 0 Å². The number of nitrogens with one attached hydrogen (secondary N) is 1. The van der Waals surface area contributed by atoms with E-state index in [0.29, 0.717) is 24.0 Å². The van der Waals surface area contributed by atoms with Crippen LogP contribution in [0.2, 0.25) is 0 Å². The minimum atomic E-state index is 0.334. The number of nitrogens with two attached hydrogens (primary N) is 1. The van der Waals surface area contributed by atoms with Crippen LogP contribution in [0.1, 0.15) is 16.8 Å². The summed E-state index contributed by atoms with van der Waals surface area (Å²) in [5.74, 6) is 1.63. The van der Waals surface area contributed by atoms with E-state index in [1.807, 2.05) is 18.3 Å². The molecule has 0 amide bonds. The number of nitrogens with zero attached hydrogens (tertiary/aromatic N) is 2. The van der Waals surface area contributed by atoms with E-state index < -0.39 is 0 Å². The van der Waals surface area contributed by atoms with Crippen LogP contribution in [0.4, 0.5) is 5.69 Å². The number of guanidine groups is 1. The summed E-state index contributed by atoms with van der Waals surface area (Å²) < 4.78 is 10.4. The van der Waals surface area contributed by atoms with Gasteiger partial charge in [-0.3, -0.25) is 0 Å². The highest BCUT2D eigenvalue weighted by molar-refractivity contribution is 7.11. The lowest BCUT2D eigenvalue weighted by molar-refractivity contribution is 0.355. The smallest absolute Gasteiger partial charge is 0.193 e. The molecule has 0 aliphatic carbocycles. The maximum atomic E-state index is 5.90. The highest BCUT2D eigenvalue weighted by Gasteiger charge is 2.05. The molecule has 0 aliphatic heterocycles. The van der Waals surface area contributed by atoms with E-state index in [2.05, 4.69) is 22.2 Å². The molecule has 0 saturated carbocycles. The molecule has 118 valence electrons. The molecule has 1 aromatic carbocycles. The average molecular weight is 320 g/mol. The van der Waals surface area contributed by atoms with Crippen molar-refractivity contribution in [3.05, 3.63) is 34.3 Å². The first-order valence-corrected chi connectivity index (χ1v) is 7.70. The zero-order chi connectivity index (χ0) is 15.9. The number of aryl methyl sites for hydroxylation is 1. The number of anilines is 1. The van der Waals surface area contributed by atoms with Crippen molar-refractivity contribution in [3.8, 4) is 11.5 Å². The molecule has 0 saturated heterocycles. The number of benzene rings is 1. The monoisotopic (exact) mass is 320 g/mol. The third-order valence-electron chi connectivity index (χ3n) is 2.99. The van der Waals surface area contributed by atoms with Gasteiger partial charge in [0.25, 0.3) is 0 Å². The molecule has 2 aromatic rings. The number of methoxy groups -OCH3 is 2. The fraction of sp³-hybridized carbons (Fsp3) is 0.333. The molecule has 0 unspecified atom stereocenters. The zero-order valence-electron chi connectivity index (χ0n) is 12.9. The standard InChI is InChI=1S/C15H20N4O2S/c1-4-11-8-17-14(22-11)9-18-15(16)19-10-5-6-12(20-2)13(7-10)21-3/h5-8H,4,9H2,1-3H3,(H3,16,18,19). The van der Waals surface area contributed by atoms with Gasteiger partial charge in [0.2, 0.25) is 0 Å². The summed E-state index contributed by atoms with van der Waals surface area (Å²) in [6.45, 7) is 2.57. The van der Waals surface area contributed by atoms with Crippen molar-refractivity contribution in [1.29, 1.82) is 0 Å². The van der Waals surface area contributed by atoms with Gasteiger partial charge >= 0.3 is 0 Å². The Morgan fingerprint density at radius 1 is 1.32 bits per heavy atom. The van der Waals surface area contributed by atoms with E-state index in [4.69, 9.17) is 15.2 Å². The molecule has 0 bridgehead atoms. The summed E-state index contributed by atoms with van der Waals surface area (Å²) in [6, 6.07) is 5.46. The molecule has 22 heavy (non-hydrogen) atoms. The third kappa shape index (κ3) is 4.11. The van der Waals surface area contributed by atoms with Gasteiger partial charge < -0.3 is 20.5 Å². The normalized spacial score (nSPS) is 11.3. The Kier molecular flexibility index (Phi) is 5.60. The Morgan fingerprint density at radius 2 is 2.09 bits per heavy atom. The average Bonchev–Trinajstić information content (AvgIpc) is 3.01. The summed E-state index contributed by atoms with van der Waals surface area (Å²) >= 11 is 1.65. The number of rotatable bonds is 6. The lowest BCUT2D eigenvalue weighted by Gasteiger charge is -2.10. The van der Waals surface area contributed by atoms with Gasteiger partial charge in [-0.1, -0.05) is 6.92 Å². The van der Waals surface area contributed by atoms with Crippen molar-refractivity contribution in [2.45, 2.75) is 19.9 Å². The van der Waals surface area contributed by atoms with Gasteiger partial charge in [0.15, 0.2) is 17.5 Å². The molecular formula is C15H20N4O2S. The molecule has 1 heterocycles. The molecule has 0 spiro atoms. The molecule has 0 atom stereocenters. The van der Waals surface area contributed by atoms with Crippen molar-refractivity contribution >= 4 is 23.0 Å². The fourth-order valence-electron chi connectivity index (χ4n) is 1.84. The molecule has 0 aliphatic rings. The lowest BCUT2D eigenvalue weighted by atomic mass is 10.3. The minimum Gasteiger partial charge on any atom is -0.493 e. The summed E-state index contributed by atoms with van der Waals surface area (Å²) in [7, 11) is 3.19. The summed E-state index contributed by atoms with van der Waals surface area (Å²) in [5.41, 5.74) is 6.68. The van der Waals surface area contributed by atoms with Crippen LogP contribution in [0.3, 0.4) is 0 Å². The molecule has 0 radical (unpaired) electrons. The molecule has 2 rings (SSSR count). The van der Waals surface area contributed by atoms with Gasteiger partial charge in [-0.15, -0.1) is 11.3 Å². The first-order chi connectivity index (χ1) is 10.7. The van der Waals surface area contributed by atoms with Crippen molar-refractivity contribution in [2.75, 3.05) is 19.5 Å². The number of aliphatic imine (C=N–C) groups is 1. The van der Waals surface area contributed by atoms with Crippen LogP contribution >= 0.6 is 11.3 Å². The van der Waals surface area contributed by atoms with Crippen LogP contribution in [-0.2, 0) is 13.0 Å². The van der Waals surface area contributed by atoms with Crippen LogP contribution in [0, 0.1) is 0 Å². The third-order valence-corrected chi connectivity index (χ3v) is 4.12. The molecule has 7 heteroatoms. The van der Waals surface area contributed by atoms with E-state index in [1.54, 1.807) is 31.6 Å². The predicted molar refractivity (Wildman–Crippen MR) is 90.0 cm³/mol. The lowest BCUT2D eigenvalue weighted by Crippen LogP contribution is -2.22. The van der Waals surface area contributed by atoms with E-state index in [0.717, 1.165) is 17.1 Å². The topological polar surface area (TPSA) is 81.8 Å². The first kappa shape index (κ1) is 16.1. The van der Waals surface area contributed by atoms with Gasteiger partial charge in [-0.2, -0.15) is 0 Å². The number of thiazole rings is 1.